The standard InChI is InChI=1S/C5H4N2O2/c8-4-3-6-5-7(4)1-2-9-5/h1-3,8H. The van der Waals surface area contributed by atoms with Gasteiger partial charge in [-0.25, -0.2) is 4.40 Å². The van der Waals surface area contributed by atoms with E-state index in [1.807, 2.05) is 0 Å². The van der Waals surface area contributed by atoms with Crippen molar-refractivity contribution in [3.63, 3.8) is 0 Å². The minimum absolute atomic E-state index is 0.0961. The summed E-state index contributed by atoms with van der Waals surface area (Å²) in [5, 5.41) is 8.94. The topological polar surface area (TPSA) is 50.7 Å². The Morgan fingerprint density at radius 1 is 1.67 bits per heavy atom. The molecule has 0 saturated heterocycles. The number of hydrogen-bond donors (Lipinski definition) is 1. The number of imidazole rings is 1. The van der Waals surface area contributed by atoms with Crippen LogP contribution < -0.4 is 0 Å². The average Bonchev–Trinajstić information content (AvgIpc) is 2.35. The van der Waals surface area contributed by atoms with Gasteiger partial charge in [0.25, 0.3) is 0 Å². The molecule has 1 N–H and O–H groups in total. The predicted molar refractivity (Wildman–Crippen MR) is 29.1 cm³/mol. The summed E-state index contributed by atoms with van der Waals surface area (Å²) in [4.78, 5) is 3.72. The maximum absolute atomic E-state index is 8.94. The molecule has 9 heavy (non-hydrogen) atoms. The molecule has 46 valence electrons. The Morgan fingerprint density at radius 3 is 3.33 bits per heavy atom. The summed E-state index contributed by atoms with van der Waals surface area (Å²) < 4.78 is 6.28. The average molecular weight is 124 g/mol. The summed E-state index contributed by atoms with van der Waals surface area (Å²) in [5.74, 6) is 0.506. The molecule has 0 aromatic carbocycles. The Labute approximate surface area is 50.4 Å². The minimum atomic E-state index is 0.0961. The Hall–Kier alpha value is -1.45. The van der Waals surface area contributed by atoms with Crippen molar-refractivity contribution in [2.24, 2.45) is 0 Å². The maximum Gasteiger partial charge on any atom is 0.308 e. The summed E-state index contributed by atoms with van der Waals surface area (Å²) in [6.07, 6.45) is 4.39. The highest BCUT2D eigenvalue weighted by atomic mass is 16.4. The van der Waals surface area contributed by atoms with Gasteiger partial charge in [-0.05, 0) is 0 Å². The summed E-state index contributed by atoms with van der Waals surface area (Å²) >= 11 is 0. The van der Waals surface area contributed by atoms with E-state index >= 15 is 0 Å². The molecule has 0 aliphatic carbocycles. The molecule has 0 fully saturated rings. The SMILES string of the molecule is Oc1cnc2occn12. The van der Waals surface area contributed by atoms with Crippen LogP contribution in [0.4, 0.5) is 0 Å². The van der Waals surface area contributed by atoms with E-state index in [1.54, 1.807) is 6.20 Å². The number of aromatic hydroxyl groups is 1. The van der Waals surface area contributed by atoms with Crippen LogP contribution in [0.3, 0.4) is 0 Å². The van der Waals surface area contributed by atoms with Crippen molar-refractivity contribution in [3.05, 3.63) is 18.7 Å². The fourth-order valence-corrected chi connectivity index (χ4v) is 0.715. The summed E-state index contributed by atoms with van der Waals surface area (Å²) in [7, 11) is 0. The molecule has 2 rings (SSSR count). The molecule has 4 heteroatoms. The molecular weight excluding hydrogens is 120 g/mol. The van der Waals surface area contributed by atoms with Crippen LogP contribution in [0.15, 0.2) is 23.1 Å². The molecule has 4 nitrogen and oxygen atoms in total. The molecule has 2 heterocycles. The molecule has 0 bridgehead atoms. The van der Waals surface area contributed by atoms with E-state index in [-0.39, 0.29) is 5.88 Å². The Bertz CT molecular complexity index is 322. The van der Waals surface area contributed by atoms with Crippen molar-refractivity contribution in [1.29, 1.82) is 0 Å². The minimum Gasteiger partial charge on any atom is -0.493 e. The fraction of sp³-hybridized carbons (Fsp3) is 0. The Morgan fingerprint density at radius 2 is 2.56 bits per heavy atom. The zero-order chi connectivity index (χ0) is 6.27. The van der Waals surface area contributed by atoms with Crippen LogP contribution in [0.1, 0.15) is 0 Å². The van der Waals surface area contributed by atoms with Crippen molar-refractivity contribution < 1.29 is 9.52 Å². The van der Waals surface area contributed by atoms with Crippen molar-refractivity contribution in [3.8, 4) is 5.88 Å². The lowest BCUT2D eigenvalue weighted by Gasteiger charge is -1.79. The van der Waals surface area contributed by atoms with Gasteiger partial charge in [0, 0.05) is 0 Å². The Kier molecular flexibility index (Phi) is 0.631. The lowest BCUT2D eigenvalue weighted by atomic mass is 10.8. The van der Waals surface area contributed by atoms with Gasteiger partial charge < -0.3 is 9.52 Å². The van der Waals surface area contributed by atoms with Gasteiger partial charge >= 0.3 is 5.84 Å². The second kappa shape index (κ2) is 1.28. The second-order valence-electron chi connectivity index (χ2n) is 1.67. The molecule has 0 saturated carbocycles. The third-order valence-electron chi connectivity index (χ3n) is 1.13. The molecule has 0 aliphatic rings. The number of hydrogen-bond acceptors (Lipinski definition) is 3. The molecule has 0 spiro atoms. The smallest absolute Gasteiger partial charge is 0.308 e. The lowest BCUT2D eigenvalue weighted by molar-refractivity contribution is 0.448. The molecule has 2 aromatic heterocycles. The molecule has 0 amide bonds. The molecule has 0 unspecified atom stereocenters. The molecule has 0 radical (unpaired) electrons. The zero-order valence-electron chi connectivity index (χ0n) is 4.48. The van der Waals surface area contributed by atoms with Crippen LogP contribution in [0, 0.1) is 0 Å². The highest BCUT2D eigenvalue weighted by Gasteiger charge is 2.00. The van der Waals surface area contributed by atoms with Gasteiger partial charge in [0.1, 0.15) is 6.26 Å². The molecular formula is C5H4N2O2. The second-order valence-corrected chi connectivity index (χ2v) is 1.67. The van der Waals surface area contributed by atoms with Crippen LogP contribution in [0.2, 0.25) is 0 Å². The quantitative estimate of drug-likeness (QED) is 0.560. The highest BCUT2D eigenvalue weighted by Crippen LogP contribution is 2.11. The van der Waals surface area contributed by atoms with Crippen LogP contribution >= 0.6 is 0 Å². The summed E-state index contributed by atoms with van der Waals surface area (Å²) in [5.41, 5.74) is 0. The van der Waals surface area contributed by atoms with E-state index < -0.39 is 0 Å². The van der Waals surface area contributed by atoms with E-state index in [4.69, 9.17) is 9.52 Å². The van der Waals surface area contributed by atoms with Crippen molar-refractivity contribution in [2.45, 2.75) is 0 Å². The highest BCUT2D eigenvalue weighted by molar-refractivity contribution is 5.28. The van der Waals surface area contributed by atoms with Crippen molar-refractivity contribution in [2.75, 3.05) is 0 Å². The van der Waals surface area contributed by atoms with E-state index in [9.17, 15) is 0 Å². The maximum atomic E-state index is 8.94. The molecule has 0 atom stereocenters. The van der Waals surface area contributed by atoms with Gasteiger partial charge in [-0.15, -0.1) is 0 Å². The van der Waals surface area contributed by atoms with Crippen LogP contribution in [0.25, 0.3) is 5.84 Å². The Balaban J connectivity index is 2.99. The first-order valence-electron chi connectivity index (χ1n) is 2.47. The van der Waals surface area contributed by atoms with E-state index in [0.29, 0.717) is 5.84 Å². The number of oxazole rings is 1. The third-order valence-corrected chi connectivity index (χ3v) is 1.13. The lowest BCUT2D eigenvalue weighted by Crippen LogP contribution is -1.71. The third kappa shape index (κ3) is 0.440. The van der Waals surface area contributed by atoms with E-state index in [0.717, 1.165) is 0 Å². The van der Waals surface area contributed by atoms with E-state index in [1.165, 1.54) is 16.9 Å². The van der Waals surface area contributed by atoms with Crippen LogP contribution in [-0.2, 0) is 0 Å². The van der Waals surface area contributed by atoms with Crippen LogP contribution in [-0.4, -0.2) is 14.5 Å². The van der Waals surface area contributed by atoms with E-state index in [2.05, 4.69) is 4.98 Å². The summed E-state index contributed by atoms with van der Waals surface area (Å²) in [6.45, 7) is 0. The van der Waals surface area contributed by atoms with Gasteiger partial charge in [-0.3, -0.25) is 0 Å². The molecule has 2 aromatic rings. The largest absolute Gasteiger partial charge is 0.493 e. The van der Waals surface area contributed by atoms with Crippen molar-refractivity contribution in [1.82, 2.24) is 9.38 Å². The first-order chi connectivity index (χ1) is 4.38. The van der Waals surface area contributed by atoms with Crippen LogP contribution in [0.5, 0.6) is 5.88 Å². The molecule has 0 aliphatic heterocycles. The first kappa shape index (κ1) is 4.43. The number of aromatic nitrogens is 2. The number of fused-ring (bicyclic) bond motifs is 1. The van der Waals surface area contributed by atoms with Gasteiger partial charge in [-0.2, -0.15) is 4.98 Å². The summed E-state index contributed by atoms with van der Waals surface area (Å²) in [6, 6.07) is 0. The fourth-order valence-electron chi connectivity index (χ4n) is 0.715. The monoisotopic (exact) mass is 124 g/mol. The predicted octanol–water partition coefficient (Wildman–Crippen LogP) is 0.633. The van der Waals surface area contributed by atoms with Gasteiger partial charge in [0.2, 0.25) is 5.88 Å². The normalized spacial score (nSPS) is 10.7. The van der Waals surface area contributed by atoms with Gasteiger partial charge in [0.15, 0.2) is 0 Å². The van der Waals surface area contributed by atoms with Crippen molar-refractivity contribution >= 4 is 5.84 Å². The first-order valence-corrected chi connectivity index (χ1v) is 2.47. The van der Waals surface area contributed by atoms with Gasteiger partial charge in [-0.1, -0.05) is 0 Å². The number of nitrogens with zero attached hydrogens (tertiary/aromatic N) is 2. The number of rotatable bonds is 0. The van der Waals surface area contributed by atoms with Gasteiger partial charge in [0.05, 0.1) is 12.4 Å². The zero-order valence-corrected chi connectivity index (χ0v) is 4.48.